The van der Waals surface area contributed by atoms with Gasteiger partial charge < -0.3 is 10.1 Å². The van der Waals surface area contributed by atoms with Crippen molar-refractivity contribution in [2.24, 2.45) is 0 Å². The number of hydrogen-bond acceptors (Lipinski definition) is 3. The van der Waals surface area contributed by atoms with Crippen molar-refractivity contribution < 1.29 is 23.1 Å². The normalized spacial score (nSPS) is 12.7. The predicted octanol–water partition coefficient (Wildman–Crippen LogP) is 2.35. The summed E-state index contributed by atoms with van der Waals surface area (Å²) < 4.78 is 31.9. The van der Waals surface area contributed by atoms with E-state index in [1.165, 1.54) is 13.0 Å². The van der Waals surface area contributed by atoms with Crippen molar-refractivity contribution in [3.05, 3.63) is 35.4 Å². The zero-order valence-electron chi connectivity index (χ0n) is 12.5. The molecule has 1 N–H and O–H groups in total. The molecule has 116 valence electrons. The Bertz CT molecular complexity index is 518. The molecular formula is C15H19F2NO3. The Morgan fingerprint density at radius 1 is 1.24 bits per heavy atom. The maximum absolute atomic E-state index is 13.4. The van der Waals surface area contributed by atoms with Gasteiger partial charge in [0.1, 0.15) is 23.3 Å². The first-order valence-electron chi connectivity index (χ1n) is 6.55. The predicted molar refractivity (Wildman–Crippen MR) is 73.5 cm³/mol. The molecule has 0 unspecified atom stereocenters. The number of nitrogens with one attached hydrogen (secondary N) is 1. The van der Waals surface area contributed by atoms with Crippen LogP contribution in [0.4, 0.5) is 8.78 Å². The van der Waals surface area contributed by atoms with E-state index in [4.69, 9.17) is 4.74 Å². The van der Waals surface area contributed by atoms with Crippen LogP contribution >= 0.6 is 0 Å². The fourth-order valence-electron chi connectivity index (χ4n) is 1.60. The van der Waals surface area contributed by atoms with E-state index in [0.29, 0.717) is 0 Å². The molecule has 1 atom stereocenters. The monoisotopic (exact) mass is 299 g/mol. The van der Waals surface area contributed by atoms with E-state index in [1.54, 1.807) is 20.8 Å². The second kappa shape index (κ2) is 6.65. The van der Waals surface area contributed by atoms with Gasteiger partial charge in [-0.05, 0) is 39.8 Å². The van der Waals surface area contributed by atoms with Crippen LogP contribution in [0.3, 0.4) is 0 Å². The number of rotatable bonds is 4. The van der Waals surface area contributed by atoms with Gasteiger partial charge in [-0.2, -0.15) is 0 Å². The van der Waals surface area contributed by atoms with Crippen LogP contribution in [0.5, 0.6) is 0 Å². The molecule has 0 radical (unpaired) electrons. The summed E-state index contributed by atoms with van der Waals surface area (Å²) in [5.74, 6) is -2.85. The van der Waals surface area contributed by atoms with Crippen LogP contribution in [0, 0.1) is 11.6 Å². The van der Waals surface area contributed by atoms with E-state index >= 15 is 0 Å². The molecule has 21 heavy (non-hydrogen) atoms. The number of halogens is 2. The molecule has 1 aromatic rings. The standard InChI is InChI=1S/C15H19F2NO3/c1-9(14(20)21-15(2,3)4)18-13(19)8-10-11(16)6-5-7-12(10)17/h5-7,9H,8H2,1-4H3,(H,18,19)/t9-/m0/s1. The number of benzene rings is 1. The van der Waals surface area contributed by atoms with Crippen LogP contribution in [-0.2, 0) is 20.7 Å². The molecule has 0 aromatic heterocycles. The molecule has 0 aliphatic carbocycles. The summed E-state index contributed by atoms with van der Waals surface area (Å²) in [5, 5.41) is 2.36. The van der Waals surface area contributed by atoms with Crippen molar-refractivity contribution in [1.29, 1.82) is 0 Å². The van der Waals surface area contributed by atoms with Gasteiger partial charge >= 0.3 is 5.97 Å². The Morgan fingerprint density at radius 2 is 1.76 bits per heavy atom. The zero-order valence-corrected chi connectivity index (χ0v) is 12.5. The third-order valence-electron chi connectivity index (χ3n) is 2.54. The summed E-state index contributed by atoms with van der Waals surface area (Å²) in [7, 11) is 0. The lowest BCUT2D eigenvalue weighted by atomic mass is 10.1. The molecule has 0 bridgehead atoms. The molecule has 0 saturated heterocycles. The molecule has 0 heterocycles. The van der Waals surface area contributed by atoms with Crippen molar-refractivity contribution in [1.82, 2.24) is 5.32 Å². The van der Waals surface area contributed by atoms with Crippen LogP contribution < -0.4 is 5.32 Å². The second-order valence-corrected chi connectivity index (χ2v) is 5.70. The first kappa shape index (κ1) is 17.1. The van der Waals surface area contributed by atoms with E-state index in [0.717, 1.165) is 12.1 Å². The smallest absolute Gasteiger partial charge is 0.328 e. The van der Waals surface area contributed by atoms with Gasteiger partial charge in [0.15, 0.2) is 0 Å². The largest absolute Gasteiger partial charge is 0.458 e. The fourth-order valence-corrected chi connectivity index (χ4v) is 1.60. The zero-order chi connectivity index (χ0) is 16.2. The molecule has 0 aliphatic heterocycles. The average molecular weight is 299 g/mol. The highest BCUT2D eigenvalue weighted by molar-refractivity contribution is 5.85. The molecule has 1 aromatic carbocycles. The summed E-state index contributed by atoms with van der Waals surface area (Å²) in [4.78, 5) is 23.4. The first-order chi connectivity index (χ1) is 9.60. The van der Waals surface area contributed by atoms with Crippen LogP contribution in [0.2, 0.25) is 0 Å². The van der Waals surface area contributed by atoms with Gasteiger partial charge in [0.25, 0.3) is 0 Å². The molecule has 0 spiro atoms. The fraction of sp³-hybridized carbons (Fsp3) is 0.467. The van der Waals surface area contributed by atoms with Crippen LogP contribution in [0.15, 0.2) is 18.2 Å². The Balaban J connectivity index is 2.64. The van der Waals surface area contributed by atoms with E-state index in [-0.39, 0.29) is 5.56 Å². The van der Waals surface area contributed by atoms with Gasteiger partial charge in [-0.3, -0.25) is 4.79 Å². The number of amides is 1. The van der Waals surface area contributed by atoms with Gasteiger partial charge in [-0.15, -0.1) is 0 Å². The van der Waals surface area contributed by atoms with Gasteiger partial charge in [-0.1, -0.05) is 6.07 Å². The number of ether oxygens (including phenoxy) is 1. The van der Waals surface area contributed by atoms with E-state index < -0.39 is 41.6 Å². The van der Waals surface area contributed by atoms with Gasteiger partial charge in [0, 0.05) is 5.56 Å². The number of hydrogen-bond donors (Lipinski definition) is 1. The molecule has 1 rings (SSSR count). The molecule has 4 nitrogen and oxygen atoms in total. The van der Waals surface area contributed by atoms with E-state index in [2.05, 4.69) is 5.32 Å². The third kappa shape index (κ3) is 5.49. The topological polar surface area (TPSA) is 55.4 Å². The van der Waals surface area contributed by atoms with E-state index in [1.807, 2.05) is 0 Å². The third-order valence-corrected chi connectivity index (χ3v) is 2.54. The maximum Gasteiger partial charge on any atom is 0.328 e. The highest BCUT2D eigenvalue weighted by Gasteiger charge is 2.23. The average Bonchev–Trinajstić information content (AvgIpc) is 2.31. The van der Waals surface area contributed by atoms with Crippen LogP contribution in [0.25, 0.3) is 0 Å². The number of esters is 1. The Kier molecular flexibility index (Phi) is 5.41. The van der Waals surface area contributed by atoms with Crippen molar-refractivity contribution in [3.8, 4) is 0 Å². The lowest BCUT2D eigenvalue weighted by Crippen LogP contribution is -2.42. The van der Waals surface area contributed by atoms with Gasteiger partial charge in [0.05, 0.1) is 6.42 Å². The van der Waals surface area contributed by atoms with Crippen LogP contribution in [0.1, 0.15) is 33.3 Å². The lowest BCUT2D eigenvalue weighted by Gasteiger charge is -2.22. The minimum Gasteiger partial charge on any atom is -0.458 e. The summed E-state index contributed by atoms with van der Waals surface area (Å²) >= 11 is 0. The molecule has 0 saturated carbocycles. The minimum atomic E-state index is -0.897. The molecule has 0 fully saturated rings. The van der Waals surface area contributed by atoms with Crippen molar-refractivity contribution in [2.45, 2.75) is 45.8 Å². The number of carbonyl (C=O) groups excluding carboxylic acids is 2. The highest BCUT2D eigenvalue weighted by atomic mass is 19.1. The van der Waals surface area contributed by atoms with Gasteiger partial charge in [0.2, 0.25) is 5.91 Å². The number of carbonyl (C=O) groups is 2. The second-order valence-electron chi connectivity index (χ2n) is 5.70. The quantitative estimate of drug-likeness (QED) is 0.868. The van der Waals surface area contributed by atoms with Crippen molar-refractivity contribution >= 4 is 11.9 Å². The van der Waals surface area contributed by atoms with Crippen molar-refractivity contribution in [3.63, 3.8) is 0 Å². The first-order valence-corrected chi connectivity index (χ1v) is 6.55. The minimum absolute atomic E-state index is 0.327. The Labute approximate surface area is 122 Å². The van der Waals surface area contributed by atoms with E-state index in [9.17, 15) is 18.4 Å². The highest BCUT2D eigenvalue weighted by Crippen LogP contribution is 2.13. The summed E-state index contributed by atoms with van der Waals surface area (Å²) in [5.41, 5.74) is -1.00. The maximum atomic E-state index is 13.4. The summed E-state index contributed by atoms with van der Waals surface area (Å²) in [6.07, 6.45) is -0.481. The summed E-state index contributed by atoms with van der Waals surface area (Å²) in [6.45, 7) is 6.56. The molecule has 1 amide bonds. The lowest BCUT2D eigenvalue weighted by molar-refractivity contribution is -0.158. The SMILES string of the molecule is C[C@H](NC(=O)Cc1c(F)cccc1F)C(=O)OC(C)(C)C. The molecular weight excluding hydrogens is 280 g/mol. The Morgan fingerprint density at radius 3 is 2.24 bits per heavy atom. The van der Waals surface area contributed by atoms with Crippen LogP contribution in [-0.4, -0.2) is 23.5 Å². The molecule has 6 heteroatoms. The Hall–Kier alpha value is -1.98. The summed E-state index contributed by atoms with van der Waals surface area (Å²) in [6, 6.07) is 2.47. The molecule has 0 aliphatic rings. The van der Waals surface area contributed by atoms with Gasteiger partial charge in [-0.25, -0.2) is 13.6 Å². The van der Waals surface area contributed by atoms with Crippen molar-refractivity contribution in [2.75, 3.05) is 0 Å².